The van der Waals surface area contributed by atoms with E-state index in [9.17, 15) is 18.0 Å². The van der Waals surface area contributed by atoms with Crippen LogP contribution in [-0.2, 0) is 32.7 Å². The molecular formula is C23H19F3O5S. The van der Waals surface area contributed by atoms with Crippen molar-refractivity contribution in [3.63, 3.8) is 0 Å². The van der Waals surface area contributed by atoms with Crippen molar-refractivity contribution in [2.24, 2.45) is 0 Å². The number of carbonyl (C=O) groups is 1. The van der Waals surface area contributed by atoms with Gasteiger partial charge in [0, 0.05) is 15.3 Å². The minimum Gasteiger partial charge on any atom is -0.488 e. The molecule has 3 aromatic rings. The van der Waals surface area contributed by atoms with Crippen molar-refractivity contribution in [3.05, 3.63) is 76.7 Å². The van der Waals surface area contributed by atoms with Crippen molar-refractivity contribution in [1.82, 2.24) is 0 Å². The lowest BCUT2D eigenvalue weighted by Gasteiger charge is -2.41. The van der Waals surface area contributed by atoms with Crippen LogP contribution in [0.4, 0.5) is 13.2 Å². The SMILES string of the molecule is O=C(O)COC1(c2ccc(OCc3ccc(-c4ccccc4C(F)(F)F)s3)cc2)COC1. The predicted octanol–water partition coefficient (Wildman–Crippen LogP) is 5.34. The maximum absolute atomic E-state index is 13.3. The summed E-state index contributed by atoms with van der Waals surface area (Å²) in [5.41, 5.74) is -0.496. The van der Waals surface area contributed by atoms with Crippen LogP contribution in [-0.4, -0.2) is 30.9 Å². The van der Waals surface area contributed by atoms with Crippen LogP contribution in [0.2, 0.25) is 0 Å². The first-order valence-electron chi connectivity index (χ1n) is 9.69. The second-order valence-electron chi connectivity index (χ2n) is 7.29. The van der Waals surface area contributed by atoms with E-state index in [1.807, 2.05) is 0 Å². The lowest BCUT2D eigenvalue weighted by atomic mass is 9.91. The van der Waals surface area contributed by atoms with Crippen molar-refractivity contribution in [1.29, 1.82) is 0 Å². The predicted molar refractivity (Wildman–Crippen MR) is 112 cm³/mol. The summed E-state index contributed by atoms with van der Waals surface area (Å²) in [6, 6.07) is 16.0. The van der Waals surface area contributed by atoms with Gasteiger partial charge in [-0.15, -0.1) is 11.3 Å². The summed E-state index contributed by atoms with van der Waals surface area (Å²) in [6.45, 7) is 0.345. The number of alkyl halides is 3. The van der Waals surface area contributed by atoms with Crippen molar-refractivity contribution in [2.75, 3.05) is 19.8 Å². The Kier molecular flexibility index (Phi) is 6.23. The van der Waals surface area contributed by atoms with E-state index >= 15 is 0 Å². The molecule has 168 valence electrons. The quantitative estimate of drug-likeness (QED) is 0.488. The fourth-order valence-electron chi connectivity index (χ4n) is 3.38. The highest BCUT2D eigenvalue weighted by Crippen LogP contribution is 2.39. The third kappa shape index (κ3) is 4.79. The molecule has 1 aromatic heterocycles. The van der Waals surface area contributed by atoms with E-state index < -0.39 is 29.9 Å². The number of thiophene rings is 1. The lowest BCUT2D eigenvalue weighted by Crippen LogP contribution is -2.49. The highest BCUT2D eigenvalue weighted by atomic mass is 32.1. The Bertz CT molecular complexity index is 1090. The molecule has 0 bridgehead atoms. The lowest BCUT2D eigenvalue weighted by molar-refractivity contribution is -0.220. The first kappa shape index (κ1) is 22.3. The number of benzene rings is 2. The molecule has 0 aliphatic carbocycles. The van der Waals surface area contributed by atoms with Gasteiger partial charge in [0.25, 0.3) is 0 Å². The molecule has 0 spiro atoms. The molecule has 0 unspecified atom stereocenters. The zero-order chi connectivity index (χ0) is 22.8. The minimum absolute atomic E-state index is 0.148. The Morgan fingerprint density at radius 2 is 1.78 bits per heavy atom. The van der Waals surface area contributed by atoms with E-state index in [0.29, 0.717) is 10.6 Å². The molecule has 0 radical (unpaired) electrons. The van der Waals surface area contributed by atoms with Gasteiger partial charge < -0.3 is 19.3 Å². The zero-order valence-corrected chi connectivity index (χ0v) is 17.5. The number of hydrogen-bond donors (Lipinski definition) is 1. The molecule has 1 N–H and O–H groups in total. The monoisotopic (exact) mass is 464 g/mol. The molecule has 2 aromatic carbocycles. The Hall–Kier alpha value is -2.88. The summed E-state index contributed by atoms with van der Waals surface area (Å²) in [5.74, 6) is -0.475. The van der Waals surface area contributed by atoms with Crippen LogP contribution in [0.1, 0.15) is 16.0 Å². The molecule has 1 aliphatic rings. The van der Waals surface area contributed by atoms with Crippen LogP contribution >= 0.6 is 11.3 Å². The van der Waals surface area contributed by atoms with Crippen molar-refractivity contribution >= 4 is 17.3 Å². The smallest absolute Gasteiger partial charge is 0.417 e. The zero-order valence-electron chi connectivity index (χ0n) is 16.7. The number of rotatable bonds is 8. The molecule has 0 amide bonds. The molecule has 5 nitrogen and oxygen atoms in total. The average Bonchev–Trinajstić information content (AvgIpc) is 3.20. The van der Waals surface area contributed by atoms with E-state index in [1.54, 1.807) is 42.5 Å². The van der Waals surface area contributed by atoms with Crippen molar-refractivity contribution < 1.29 is 37.3 Å². The van der Waals surface area contributed by atoms with Gasteiger partial charge in [-0.2, -0.15) is 13.2 Å². The average molecular weight is 464 g/mol. The number of carboxylic acid groups (broad SMARTS) is 1. The highest BCUT2D eigenvalue weighted by Gasteiger charge is 2.42. The van der Waals surface area contributed by atoms with Gasteiger partial charge in [-0.25, -0.2) is 4.79 Å². The molecule has 1 saturated heterocycles. The van der Waals surface area contributed by atoms with Gasteiger partial charge in [-0.3, -0.25) is 0 Å². The molecule has 1 fully saturated rings. The van der Waals surface area contributed by atoms with Crippen LogP contribution in [0, 0.1) is 0 Å². The first-order valence-corrected chi connectivity index (χ1v) is 10.5. The summed E-state index contributed by atoms with van der Waals surface area (Å²) in [6.07, 6.45) is -4.42. The van der Waals surface area contributed by atoms with E-state index in [4.69, 9.17) is 19.3 Å². The third-order valence-corrected chi connectivity index (χ3v) is 6.16. The standard InChI is InChI=1S/C23H19F3O5S/c24-23(25,26)19-4-2-1-3-18(19)20-10-9-17(32-20)11-30-16-7-5-15(6-8-16)22(13-29-14-22)31-12-21(27)28/h1-10H,11-14H2,(H,27,28). The maximum Gasteiger partial charge on any atom is 0.417 e. The van der Waals surface area contributed by atoms with Gasteiger partial charge in [0.05, 0.1) is 18.8 Å². The van der Waals surface area contributed by atoms with Gasteiger partial charge in [0.15, 0.2) is 0 Å². The van der Waals surface area contributed by atoms with E-state index in [-0.39, 0.29) is 25.4 Å². The van der Waals surface area contributed by atoms with E-state index in [1.165, 1.54) is 23.5 Å². The minimum atomic E-state index is -4.42. The Labute approximate surface area is 186 Å². The summed E-state index contributed by atoms with van der Waals surface area (Å²) in [5, 5.41) is 8.85. The van der Waals surface area contributed by atoms with Crippen LogP contribution in [0.5, 0.6) is 5.75 Å². The third-order valence-electron chi connectivity index (χ3n) is 5.06. The van der Waals surface area contributed by atoms with Gasteiger partial charge in [-0.05, 0) is 35.9 Å². The number of halogens is 3. The molecular weight excluding hydrogens is 445 g/mol. The van der Waals surface area contributed by atoms with Crippen LogP contribution in [0.15, 0.2) is 60.7 Å². The van der Waals surface area contributed by atoms with Crippen LogP contribution in [0.3, 0.4) is 0 Å². The normalized spacial score (nSPS) is 15.2. The maximum atomic E-state index is 13.3. The molecule has 0 atom stereocenters. The van der Waals surface area contributed by atoms with Gasteiger partial charge >= 0.3 is 12.1 Å². The summed E-state index contributed by atoms with van der Waals surface area (Å²) >= 11 is 1.25. The second kappa shape index (κ2) is 8.93. The van der Waals surface area contributed by atoms with Gasteiger partial charge in [0.2, 0.25) is 0 Å². The summed E-state index contributed by atoms with van der Waals surface area (Å²) in [7, 11) is 0. The molecule has 1 aliphatic heterocycles. The Morgan fingerprint density at radius 1 is 1.06 bits per heavy atom. The van der Waals surface area contributed by atoms with Crippen molar-refractivity contribution in [3.8, 4) is 16.2 Å². The molecule has 0 saturated carbocycles. The largest absolute Gasteiger partial charge is 0.488 e. The fourth-order valence-corrected chi connectivity index (χ4v) is 4.34. The van der Waals surface area contributed by atoms with Gasteiger partial charge in [-0.1, -0.05) is 30.3 Å². The number of ether oxygens (including phenoxy) is 3. The fraction of sp³-hybridized carbons (Fsp3) is 0.261. The Morgan fingerprint density at radius 3 is 2.41 bits per heavy atom. The second-order valence-corrected chi connectivity index (χ2v) is 8.46. The topological polar surface area (TPSA) is 65.0 Å². The number of hydrogen-bond acceptors (Lipinski definition) is 5. The molecule has 4 rings (SSSR count). The molecule has 2 heterocycles. The summed E-state index contributed by atoms with van der Waals surface area (Å²) < 4.78 is 56.3. The van der Waals surface area contributed by atoms with Crippen LogP contribution in [0.25, 0.3) is 10.4 Å². The highest BCUT2D eigenvalue weighted by molar-refractivity contribution is 7.15. The molecule has 9 heteroatoms. The van der Waals surface area contributed by atoms with Crippen LogP contribution < -0.4 is 4.74 Å². The first-order chi connectivity index (χ1) is 15.3. The van der Waals surface area contributed by atoms with E-state index in [0.717, 1.165) is 16.5 Å². The Balaban J connectivity index is 1.41. The van der Waals surface area contributed by atoms with E-state index in [2.05, 4.69) is 0 Å². The van der Waals surface area contributed by atoms with Gasteiger partial charge in [0.1, 0.15) is 24.6 Å². The van der Waals surface area contributed by atoms with Crippen molar-refractivity contribution in [2.45, 2.75) is 18.4 Å². The molecule has 32 heavy (non-hydrogen) atoms. The number of carboxylic acids is 1. The number of aliphatic carboxylic acids is 1. The summed E-state index contributed by atoms with van der Waals surface area (Å²) in [4.78, 5) is 12.1.